The molecule has 1 aliphatic rings. The third-order valence-electron chi connectivity index (χ3n) is 5.71. The number of aromatic nitrogens is 2. The number of Topliss-reactive ketones (excluding diaryl/α,β-unsaturated/α-hetero) is 1. The van der Waals surface area contributed by atoms with Crippen molar-refractivity contribution >= 4 is 34.8 Å². The summed E-state index contributed by atoms with van der Waals surface area (Å²) in [6.45, 7) is 3.71. The van der Waals surface area contributed by atoms with E-state index in [9.17, 15) is 9.59 Å². The molecule has 7 heteroatoms. The number of hydrogen-bond acceptors (Lipinski definition) is 4. The van der Waals surface area contributed by atoms with Gasteiger partial charge in [0.25, 0.3) is 0 Å². The van der Waals surface area contributed by atoms with E-state index in [0.29, 0.717) is 38.9 Å². The normalized spacial score (nSPS) is 13.3. The van der Waals surface area contributed by atoms with Crippen molar-refractivity contribution in [3.05, 3.63) is 80.0 Å². The van der Waals surface area contributed by atoms with E-state index in [1.807, 2.05) is 26.0 Å². The molecule has 0 aliphatic heterocycles. The van der Waals surface area contributed by atoms with Crippen molar-refractivity contribution in [2.24, 2.45) is 7.05 Å². The van der Waals surface area contributed by atoms with Gasteiger partial charge in [-0.15, -0.1) is 0 Å². The third-order valence-corrected chi connectivity index (χ3v) is 6.50. The predicted molar refractivity (Wildman–Crippen MR) is 125 cm³/mol. The molecule has 5 nitrogen and oxygen atoms in total. The summed E-state index contributed by atoms with van der Waals surface area (Å²) in [7, 11) is 1.72. The van der Waals surface area contributed by atoms with Crippen LogP contribution < -0.4 is 4.74 Å². The molecule has 32 heavy (non-hydrogen) atoms. The van der Waals surface area contributed by atoms with Crippen LogP contribution in [0.15, 0.2) is 36.4 Å². The molecule has 0 spiro atoms. The standard InChI is InChI=1S/C25H24Cl2N2O3/c1-4-17-19(26)12-11-18(22(17)27)24(31)21-23(16-9-10-16)28-29(3)25(21)32-13-20(30)15-7-5-14(2)6-8-15/h5-8,11-12,16H,4,9-10,13H2,1-3H3. The number of ether oxygens (including phenoxy) is 1. The molecule has 1 heterocycles. The van der Waals surface area contributed by atoms with Gasteiger partial charge in [-0.1, -0.05) is 60.0 Å². The Morgan fingerprint density at radius 2 is 1.81 bits per heavy atom. The molecule has 0 bridgehead atoms. The number of hydrogen-bond donors (Lipinski definition) is 0. The van der Waals surface area contributed by atoms with Crippen LogP contribution in [0.1, 0.15) is 68.8 Å². The lowest BCUT2D eigenvalue weighted by Crippen LogP contribution is -2.15. The van der Waals surface area contributed by atoms with Gasteiger partial charge in [0.2, 0.25) is 11.7 Å². The summed E-state index contributed by atoms with van der Waals surface area (Å²) >= 11 is 12.8. The van der Waals surface area contributed by atoms with Crippen molar-refractivity contribution in [2.75, 3.05) is 6.61 Å². The molecule has 1 saturated carbocycles. The van der Waals surface area contributed by atoms with Crippen LogP contribution in [0, 0.1) is 6.92 Å². The number of carbonyl (C=O) groups is 2. The maximum absolute atomic E-state index is 13.6. The summed E-state index contributed by atoms with van der Waals surface area (Å²) in [6, 6.07) is 10.6. The SMILES string of the molecule is CCc1c(Cl)ccc(C(=O)c2c(C3CC3)nn(C)c2OCC(=O)c2ccc(C)cc2)c1Cl. The van der Waals surface area contributed by atoms with E-state index in [0.717, 1.165) is 24.0 Å². The zero-order chi connectivity index (χ0) is 23.0. The molecule has 2 aromatic carbocycles. The third kappa shape index (κ3) is 4.32. The van der Waals surface area contributed by atoms with Crippen molar-refractivity contribution in [3.63, 3.8) is 0 Å². The monoisotopic (exact) mass is 470 g/mol. The van der Waals surface area contributed by atoms with Crippen molar-refractivity contribution in [3.8, 4) is 5.88 Å². The molecule has 3 aromatic rings. The zero-order valence-electron chi connectivity index (χ0n) is 18.2. The van der Waals surface area contributed by atoms with Gasteiger partial charge in [-0.05, 0) is 43.9 Å². The average Bonchev–Trinajstić information content (AvgIpc) is 3.56. The van der Waals surface area contributed by atoms with Gasteiger partial charge in [-0.2, -0.15) is 5.10 Å². The summed E-state index contributed by atoms with van der Waals surface area (Å²) in [5, 5.41) is 5.44. The van der Waals surface area contributed by atoms with Crippen LogP contribution in [0.2, 0.25) is 10.0 Å². The second-order valence-electron chi connectivity index (χ2n) is 8.11. The summed E-state index contributed by atoms with van der Waals surface area (Å²) < 4.78 is 7.43. The number of nitrogens with zero attached hydrogens (tertiary/aromatic N) is 2. The first-order valence-corrected chi connectivity index (χ1v) is 11.4. The second kappa shape index (κ2) is 9.08. The van der Waals surface area contributed by atoms with Crippen molar-refractivity contribution in [1.82, 2.24) is 9.78 Å². The molecule has 0 amide bonds. The number of carbonyl (C=O) groups excluding carboxylic acids is 2. The number of halogens is 2. The van der Waals surface area contributed by atoms with E-state index in [1.165, 1.54) is 4.68 Å². The molecule has 4 rings (SSSR count). The quantitative estimate of drug-likeness (QED) is 0.380. The minimum absolute atomic E-state index is 0.171. The fourth-order valence-corrected chi connectivity index (χ4v) is 4.46. The smallest absolute Gasteiger partial charge is 0.223 e. The largest absolute Gasteiger partial charge is 0.469 e. The first-order chi connectivity index (χ1) is 15.3. The first kappa shape index (κ1) is 22.6. The highest BCUT2D eigenvalue weighted by Crippen LogP contribution is 2.44. The Morgan fingerprint density at radius 1 is 1.12 bits per heavy atom. The van der Waals surface area contributed by atoms with Crippen LogP contribution in [0.4, 0.5) is 0 Å². The van der Waals surface area contributed by atoms with Crippen molar-refractivity contribution < 1.29 is 14.3 Å². The van der Waals surface area contributed by atoms with E-state index in [-0.39, 0.29) is 30.0 Å². The fraction of sp³-hybridized carbons (Fsp3) is 0.320. The summed E-state index contributed by atoms with van der Waals surface area (Å²) in [6.07, 6.45) is 2.54. The van der Waals surface area contributed by atoms with E-state index < -0.39 is 0 Å². The van der Waals surface area contributed by atoms with Crippen molar-refractivity contribution in [1.29, 1.82) is 0 Å². The molecular weight excluding hydrogens is 447 g/mol. The van der Waals surface area contributed by atoms with Gasteiger partial charge in [-0.3, -0.25) is 9.59 Å². The Labute approximate surface area is 197 Å². The predicted octanol–water partition coefficient (Wildman–Crippen LogP) is 5.97. The van der Waals surface area contributed by atoms with Crippen LogP contribution in [0.5, 0.6) is 5.88 Å². The Morgan fingerprint density at radius 3 is 2.44 bits per heavy atom. The molecule has 1 aromatic heterocycles. The summed E-state index contributed by atoms with van der Waals surface area (Å²) in [4.78, 5) is 26.3. The van der Waals surface area contributed by atoms with E-state index >= 15 is 0 Å². The maximum Gasteiger partial charge on any atom is 0.223 e. The average molecular weight is 471 g/mol. The molecular formula is C25H24Cl2N2O3. The van der Waals surface area contributed by atoms with Gasteiger partial charge in [0.15, 0.2) is 12.4 Å². The Bertz CT molecular complexity index is 1190. The van der Waals surface area contributed by atoms with Gasteiger partial charge in [0.1, 0.15) is 5.56 Å². The Kier molecular flexibility index (Phi) is 6.40. The van der Waals surface area contributed by atoms with Gasteiger partial charge in [-0.25, -0.2) is 4.68 Å². The molecule has 0 radical (unpaired) electrons. The van der Waals surface area contributed by atoms with Gasteiger partial charge >= 0.3 is 0 Å². The Balaban J connectivity index is 1.68. The number of aryl methyl sites for hydroxylation is 2. The highest BCUT2D eigenvalue weighted by atomic mass is 35.5. The summed E-state index contributed by atoms with van der Waals surface area (Å²) in [5.41, 5.74) is 3.78. The van der Waals surface area contributed by atoms with Crippen LogP contribution >= 0.6 is 23.2 Å². The molecule has 166 valence electrons. The lowest BCUT2D eigenvalue weighted by atomic mass is 9.99. The van der Waals surface area contributed by atoms with Gasteiger partial charge < -0.3 is 4.74 Å². The number of benzene rings is 2. The number of ketones is 2. The molecule has 0 unspecified atom stereocenters. The fourth-order valence-electron chi connectivity index (χ4n) is 3.74. The van der Waals surface area contributed by atoms with Crippen molar-refractivity contribution in [2.45, 2.75) is 39.0 Å². The molecule has 0 N–H and O–H groups in total. The summed E-state index contributed by atoms with van der Waals surface area (Å²) in [5.74, 6) is 0.0490. The minimum atomic E-state index is -0.269. The lowest BCUT2D eigenvalue weighted by Gasteiger charge is -2.12. The molecule has 0 saturated heterocycles. The Hall–Kier alpha value is -2.63. The lowest BCUT2D eigenvalue weighted by molar-refractivity contribution is 0.0908. The molecule has 1 fully saturated rings. The van der Waals surface area contributed by atoms with Crippen LogP contribution in [0.25, 0.3) is 0 Å². The van der Waals surface area contributed by atoms with Gasteiger partial charge in [0.05, 0.1) is 10.7 Å². The maximum atomic E-state index is 13.6. The number of rotatable bonds is 8. The van der Waals surface area contributed by atoms with Crippen LogP contribution in [0.3, 0.4) is 0 Å². The zero-order valence-corrected chi connectivity index (χ0v) is 19.8. The second-order valence-corrected chi connectivity index (χ2v) is 8.90. The molecule has 0 atom stereocenters. The highest BCUT2D eigenvalue weighted by molar-refractivity contribution is 6.39. The van der Waals surface area contributed by atoms with Crippen LogP contribution in [-0.4, -0.2) is 28.0 Å². The van der Waals surface area contributed by atoms with E-state index in [2.05, 4.69) is 5.10 Å². The highest BCUT2D eigenvalue weighted by Gasteiger charge is 2.36. The first-order valence-electron chi connectivity index (χ1n) is 10.6. The van der Waals surface area contributed by atoms with Crippen LogP contribution in [-0.2, 0) is 13.5 Å². The minimum Gasteiger partial charge on any atom is -0.469 e. The molecule has 1 aliphatic carbocycles. The van der Waals surface area contributed by atoms with E-state index in [1.54, 1.807) is 31.3 Å². The topological polar surface area (TPSA) is 61.2 Å². The van der Waals surface area contributed by atoms with E-state index in [4.69, 9.17) is 27.9 Å². The van der Waals surface area contributed by atoms with Gasteiger partial charge in [0, 0.05) is 29.1 Å².